The molecule has 2 heterocycles. The number of H-pyrrole nitrogens is 1. The highest BCUT2D eigenvalue weighted by Crippen LogP contribution is 2.22. The summed E-state index contributed by atoms with van der Waals surface area (Å²) in [5, 5.41) is 12.6. The lowest BCUT2D eigenvalue weighted by Gasteiger charge is -2.08. The van der Waals surface area contributed by atoms with E-state index in [2.05, 4.69) is 15.1 Å². The standard InChI is InChI=1S/C21H20N6O/c1-27-14(7-8-24-27)10-16(22)15-11-18-19(12-17(15)23)26-21(25-18)20(28)9-13-5-3-2-4-6-13/h2-8,11-12,22H,9-10,23H2,1H3,(H,25,26). The third kappa shape index (κ3) is 3.42. The van der Waals surface area contributed by atoms with Gasteiger partial charge in [-0.05, 0) is 23.8 Å². The van der Waals surface area contributed by atoms with Gasteiger partial charge in [-0.2, -0.15) is 5.10 Å². The van der Waals surface area contributed by atoms with E-state index in [-0.39, 0.29) is 12.2 Å². The number of rotatable bonds is 6. The fourth-order valence-electron chi connectivity index (χ4n) is 3.18. The largest absolute Gasteiger partial charge is 0.398 e. The fraction of sp³-hybridized carbons (Fsp3) is 0.143. The molecule has 0 saturated carbocycles. The third-order valence-electron chi connectivity index (χ3n) is 4.73. The summed E-state index contributed by atoms with van der Waals surface area (Å²) in [4.78, 5) is 20.0. The Bertz CT molecular complexity index is 1170. The Morgan fingerprint density at radius 3 is 2.68 bits per heavy atom. The normalized spacial score (nSPS) is 11.0. The topological polar surface area (TPSA) is 113 Å². The number of hydrogen-bond donors (Lipinski definition) is 3. The van der Waals surface area contributed by atoms with Crippen molar-refractivity contribution in [1.29, 1.82) is 5.41 Å². The molecule has 0 saturated heterocycles. The van der Waals surface area contributed by atoms with Crippen molar-refractivity contribution < 1.29 is 4.79 Å². The van der Waals surface area contributed by atoms with Crippen molar-refractivity contribution in [2.75, 3.05) is 5.73 Å². The van der Waals surface area contributed by atoms with Crippen LogP contribution < -0.4 is 5.73 Å². The number of benzene rings is 2. The van der Waals surface area contributed by atoms with Crippen LogP contribution in [0.1, 0.15) is 27.4 Å². The highest BCUT2D eigenvalue weighted by Gasteiger charge is 2.16. The van der Waals surface area contributed by atoms with E-state index >= 15 is 0 Å². The second-order valence-corrected chi connectivity index (χ2v) is 6.73. The molecule has 0 aliphatic carbocycles. The van der Waals surface area contributed by atoms with Crippen LogP contribution in [0.4, 0.5) is 5.69 Å². The first-order valence-electron chi connectivity index (χ1n) is 8.92. The number of nitrogen functional groups attached to an aromatic ring is 1. The summed E-state index contributed by atoms with van der Waals surface area (Å²) in [6, 6.07) is 14.9. The van der Waals surface area contributed by atoms with Crippen LogP contribution in [0.5, 0.6) is 0 Å². The zero-order chi connectivity index (χ0) is 19.7. The van der Waals surface area contributed by atoms with Crippen molar-refractivity contribution in [1.82, 2.24) is 19.7 Å². The molecule has 0 aliphatic heterocycles. The number of imidazole rings is 1. The van der Waals surface area contributed by atoms with E-state index in [4.69, 9.17) is 11.1 Å². The molecule has 0 radical (unpaired) electrons. The number of Topliss-reactive ketones (excluding diaryl/α,β-unsaturated/α-hetero) is 1. The van der Waals surface area contributed by atoms with E-state index in [0.717, 1.165) is 11.3 Å². The summed E-state index contributed by atoms with van der Waals surface area (Å²) in [5.41, 5.74) is 10.8. The molecule has 7 heteroatoms. The number of aromatic nitrogens is 4. The summed E-state index contributed by atoms with van der Waals surface area (Å²) < 4.78 is 1.73. The number of nitrogens with two attached hydrogens (primary N) is 1. The van der Waals surface area contributed by atoms with E-state index in [1.165, 1.54) is 0 Å². The zero-order valence-electron chi connectivity index (χ0n) is 15.4. The predicted molar refractivity (Wildman–Crippen MR) is 109 cm³/mol. The van der Waals surface area contributed by atoms with Gasteiger partial charge >= 0.3 is 0 Å². The van der Waals surface area contributed by atoms with Gasteiger partial charge < -0.3 is 16.1 Å². The quantitative estimate of drug-likeness (QED) is 0.274. The molecule has 7 nitrogen and oxygen atoms in total. The summed E-state index contributed by atoms with van der Waals surface area (Å²) in [6.07, 6.45) is 2.39. The first-order chi connectivity index (χ1) is 13.5. The lowest BCUT2D eigenvalue weighted by atomic mass is 10.0. The van der Waals surface area contributed by atoms with E-state index in [0.29, 0.717) is 40.2 Å². The summed E-state index contributed by atoms with van der Waals surface area (Å²) in [6.45, 7) is 0. The molecule has 140 valence electrons. The second kappa shape index (κ2) is 7.11. The van der Waals surface area contributed by atoms with Gasteiger partial charge in [0, 0.05) is 48.7 Å². The van der Waals surface area contributed by atoms with Crippen molar-refractivity contribution in [2.24, 2.45) is 7.05 Å². The number of aromatic amines is 1. The molecular weight excluding hydrogens is 352 g/mol. The van der Waals surface area contributed by atoms with Crippen LogP contribution in [0.25, 0.3) is 11.0 Å². The minimum absolute atomic E-state index is 0.0903. The van der Waals surface area contributed by atoms with Crippen LogP contribution in [0.2, 0.25) is 0 Å². The number of anilines is 1. The molecule has 4 rings (SSSR count). The minimum Gasteiger partial charge on any atom is -0.398 e. The average Bonchev–Trinajstić information content (AvgIpc) is 3.27. The maximum Gasteiger partial charge on any atom is 0.202 e. The van der Waals surface area contributed by atoms with Crippen LogP contribution in [0.15, 0.2) is 54.7 Å². The Morgan fingerprint density at radius 2 is 1.96 bits per heavy atom. The number of nitrogens with zero attached hydrogens (tertiary/aromatic N) is 3. The number of carbonyl (C=O) groups is 1. The van der Waals surface area contributed by atoms with Crippen LogP contribution >= 0.6 is 0 Å². The van der Waals surface area contributed by atoms with Gasteiger partial charge in [0.25, 0.3) is 0 Å². The summed E-state index contributed by atoms with van der Waals surface area (Å²) in [7, 11) is 1.84. The van der Waals surface area contributed by atoms with Crippen molar-refractivity contribution in [3.05, 3.63) is 77.4 Å². The van der Waals surface area contributed by atoms with Gasteiger partial charge in [0.2, 0.25) is 5.78 Å². The smallest absolute Gasteiger partial charge is 0.202 e. The second-order valence-electron chi connectivity index (χ2n) is 6.73. The molecule has 4 N–H and O–H groups in total. The van der Waals surface area contributed by atoms with Crippen molar-refractivity contribution >= 4 is 28.2 Å². The van der Waals surface area contributed by atoms with Crippen molar-refractivity contribution in [2.45, 2.75) is 12.8 Å². The summed E-state index contributed by atoms with van der Waals surface area (Å²) >= 11 is 0. The van der Waals surface area contributed by atoms with Gasteiger partial charge in [-0.3, -0.25) is 9.48 Å². The lowest BCUT2D eigenvalue weighted by molar-refractivity contribution is 0.0984. The third-order valence-corrected chi connectivity index (χ3v) is 4.73. The first kappa shape index (κ1) is 17.7. The molecule has 0 spiro atoms. The zero-order valence-corrected chi connectivity index (χ0v) is 15.4. The van der Waals surface area contributed by atoms with Crippen molar-refractivity contribution in [3.8, 4) is 0 Å². The molecule has 4 aromatic rings. The van der Waals surface area contributed by atoms with E-state index in [1.807, 2.05) is 43.4 Å². The number of nitrogens with one attached hydrogen (secondary N) is 2. The Labute approximate surface area is 161 Å². The van der Waals surface area contributed by atoms with Gasteiger partial charge in [0.05, 0.1) is 11.0 Å². The lowest BCUT2D eigenvalue weighted by Crippen LogP contribution is -2.10. The molecule has 0 fully saturated rings. The number of hydrogen-bond acceptors (Lipinski definition) is 5. The Kier molecular flexibility index (Phi) is 4.49. The molecule has 0 bridgehead atoms. The minimum atomic E-state index is -0.0903. The van der Waals surface area contributed by atoms with Crippen molar-refractivity contribution in [3.63, 3.8) is 0 Å². The monoisotopic (exact) mass is 372 g/mol. The molecule has 2 aromatic heterocycles. The van der Waals surface area contributed by atoms with Gasteiger partial charge in [-0.15, -0.1) is 0 Å². The van der Waals surface area contributed by atoms with Crippen LogP contribution in [-0.4, -0.2) is 31.2 Å². The Balaban J connectivity index is 1.61. The number of aryl methyl sites for hydroxylation is 1. The number of ketones is 1. The maximum absolute atomic E-state index is 12.6. The first-order valence-corrected chi connectivity index (χ1v) is 8.92. The Morgan fingerprint density at radius 1 is 1.18 bits per heavy atom. The van der Waals surface area contributed by atoms with E-state index in [9.17, 15) is 4.79 Å². The van der Waals surface area contributed by atoms with Gasteiger partial charge in [0.15, 0.2) is 5.82 Å². The summed E-state index contributed by atoms with van der Waals surface area (Å²) in [5.74, 6) is 0.209. The van der Waals surface area contributed by atoms with Crippen LogP contribution in [-0.2, 0) is 19.9 Å². The SMILES string of the molecule is Cn1nccc1CC(=N)c1cc2nc(C(=O)Cc3ccccc3)[nH]c2cc1N. The Hall–Kier alpha value is -3.74. The van der Waals surface area contributed by atoms with Crippen LogP contribution in [0.3, 0.4) is 0 Å². The molecule has 0 atom stereocenters. The molecule has 0 unspecified atom stereocenters. The maximum atomic E-state index is 12.6. The van der Waals surface area contributed by atoms with Gasteiger partial charge in [-0.1, -0.05) is 30.3 Å². The number of carbonyl (C=O) groups excluding carboxylic acids is 1. The number of fused-ring (bicyclic) bond motifs is 1. The predicted octanol–water partition coefficient (Wildman–Crippen LogP) is 2.91. The highest BCUT2D eigenvalue weighted by atomic mass is 16.1. The molecule has 2 aromatic carbocycles. The highest BCUT2D eigenvalue weighted by molar-refractivity contribution is 6.07. The van der Waals surface area contributed by atoms with E-state index in [1.54, 1.807) is 23.0 Å². The fourth-order valence-corrected chi connectivity index (χ4v) is 3.18. The molecule has 0 amide bonds. The van der Waals surface area contributed by atoms with E-state index < -0.39 is 0 Å². The van der Waals surface area contributed by atoms with Gasteiger partial charge in [0.1, 0.15) is 0 Å². The molecule has 28 heavy (non-hydrogen) atoms. The average molecular weight is 372 g/mol. The molecular formula is C21H20N6O. The van der Waals surface area contributed by atoms with Gasteiger partial charge in [-0.25, -0.2) is 4.98 Å². The molecule has 0 aliphatic rings. The van der Waals surface area contributed by atoms with Crippen LogP contribution in [0, 0.1) is 5.41 Å².